The number of unbranched alkanes of at least 4 members (excludes halogenated alkanes) is 1. The summed E-state index contributed by atoms with van der Waals surface area (Å²) in [5, 5.41) is 0.724. The average molecular weight is 445 g/mol. The third-order valence-corrected chi connectivity index (χ3v) is 5.62. The largest absolute Gasteiger partial charge is 0.497 e. The molecule has 140 valence electrons. The number of methoxy groups -OCH3 is 1. The number of hydrogen-bond donors (Lipinski definition) is 0. The summed E-state index contributed by atoms with van der Waals surface area (Å²) in [6.07, 6.45) is 3.89. The molecule has 1 heterocycles. The first-order valence-corrected chi connectivity index (χ1v) is 10.4. The molecule has 0 N–H and O–H groups in total. The zero-order chi connectivity index (χ0) is 19.2. The molecule has 3 rings (SSSR count). The van der Waals surface area contributed by atoms with E-state index in [-0.39, 0.29) is 5.91 Å². The van der Waals surface area contributed by atoms with Gasteiger partial charge in [-0.3, -0.25) is 9.69 Å². The summed E-state index contributed by atoms with van der Waals surface area (Å²) < 4.78 is 6.21. The van der Waals surface area contributed by atoms with Crippen LogP contribution >= 0.6 is 27.7 Å². The van der Waals surface area contributed by atoms with Crippen molar-refractivity contribution in [3.8, 4) is 5.75 Å². The van der Waals surface area contributed by atoms with Crippen LogP contribution < -0.4 is 4.74 Å². The molecule has 0 bridgehead atoms. The molecule has 1 fully saturated rings. The van der Waals surface area contributed by atoms with Crippen LogP contribution in [0.3, 0.4) is 0 Å². The fourth-order valence-corrected chi connectivity index (χ4v) is 3.87. The van der Waals surface area contributed by atoms with Crippen LogP contribution in [0.1, 0.15) is 25.3 Å². The van der Waals surface area contributed by atoms with Crippen molar-refractivity contribution in [3.63, 3.8) is 0 Å². The zero-order valence-electron chi connectivity index (χ0n) is 15.3. The van der Waals surface area contributed by atoms with Gasteiger partial charge in [-0.1, -0.05) is 41.4 Å². The van der Waals surface area contributed by atoms with Crippen molar-refractivity contribution in [2.45, 2.75) is 19.8 Å². The Morgan fingerprint density at radius 2 is 1.85 bits per heavy atom. The Morgan fingerprint density at radius 1 is 1.15 bits per heavy atom. The molecule has 0 aromatic heterocycles. The molecule has 1 aliphatic rings. The van der Waals surface area contributed by atoms with Gasteiger partial charge in [0.1, 0.15) is 5.75 Å². The van der Waals surface area contributed by atoms with E-state index in [0.29, 0.717) is 11.4 Å². The first-order chi connectivity index (χ1) is 13.1. The van der Waals surface area contributed by atoms with E-state index in [1.807, 2.05) is 54.6 Å². The van der Waals surface area contributed by atoms with Crippen molar-refractivity contribution in [2.75, 3.05) is 13.7 Å². The number of aliphatic imine (C=N–C) groups is 1. The smallest absolute Gasteiger partial charge is 0.266 e. The maximum atomic E-state index is 12.9. The van der Waals surface area contributed by atoms with Gasteiger partial charge >= 0.3 is 0 Å². The molecular weight excluding hydrogens is 424 g/mol. The van der Waals surface area contributed by atoms with Crippen LogP contribution in [0, 0.1) is 0 Å². The third kappa shape index (κ3) is 5.02. The van der Waals surface area contributed by atoms with Gasteiger partial charge < -0.3 is 4.74 Å². The first kappa shape index (κ1) is 19.7. The molecule has 1 saturated heterocycles. The van der Waals surface area contributed by atoms with E-state index in [4.69, 9.17) is 9.73 Å². The van der Waals surface area contributed by atoms with Crippen molar-refractivity contribution in [1.82, 2.24) is 4.90 Å². The monoisotopic (exact) mass is 444 g/mol. The standard InChI is InChI=1S/C21H21BrN2O2S/c1-3-4-13-24-20(25)19(14-15-5-7-16(22)8-6-15)27-21(24)23-17-9-11-18(26-2)12-10-17/h5-12,14H,3-4,13H2,1-2H3/b19-14+,23-21?. The molecule has 2 aromatic carbocycles. The van der Waals surface area contributed by atoms with Crippen LogP contribution in [-0.4, -0.2) is 29.6 Å². The average Bonchev–Trinajstić information content (AvgIpc) is 2.97. The third-order valence-electron chi connectivity index (χ3n) is 4.09. The summed E-state index contributed by atoms with van der Waals surface area (Å²) in [4.78, 5) is 20.1. The normalized spacial score (nSPS) is 17.1. The molecule has 1 aliphatic heterocycles. The van der Waals surface area contributed by atoms with Crippen LogP contribution in [0.25, 0.3) is 6.08 Å². The lowest BCUT2D eigenvalue weighted by Gasteiger charge is -2.14. The van der Waals surface area contributed by atoms with E-state index in [2.05, 4.69) is 22.9 Å². The van der Waals surface area contributed by atoms with E-state index < -0.39 is 0 Å². The molecule has 0 atom stereocenters. The number of rotatable bonds is 6. The Hall–Kier alpha value is -2.05. The lowest BCUT2D eigenvalue weighted by molar-refractivity contribution is -0.122. The van der Waals surface area contributed by atoms with Gasteiger partial charge in [0.05, 0.1) is 17.7 Å². The predicted molar refractivity (Wildman–Crippen MR) is 116 cm³/mol. The van der Waals surface area contributed by atoms with Gasteiger partial charge in [-0.25, -0.2) is 4.99 Å². The highest BCUT2D eigenvalue weighted by Gasteiger charge is 2.32. The van der Waals surface area contributed by atoms with Crippen LogP contribution in [-0.2, 0) is 4.79 Å². The molecule has 1 amide bonds. The Labute approximate surface area is 172 Å². The minimum absolute atomic E-state index is 0.0173. The Morgan fingerprint density at radius 3 is 2.48 bits per heavy atom. The highest BCUT2D eigenvalue weighted by atomic mass is 79.9. The summed E-state index contributed by atoms with van der Waals surface area (Å²) in [6.45, 7) is 2.79. The summed E-state index contributed by atoms with van der Waals surface area (Å²) in [5.41, 5.74) is 1.80. The van der Waals surface area contributed by atoms with Crippen molar-refractivity contribution >= 4 is 50.5 Å². The van der Waals surface area contributed by atoms with Crippen LogP contribution in [0.4, 0.5) is 5.69 Å². The molecule has 0 aliphatic carbocycles. The van der Waals surface area contributed by atoms with Gasteiger partial charge in [-0.15, -0.1) is 0 Å². The number of ether oxygens (including phenoxy) is 1. The second-order valence-electron chi connectivity index (χ2n) is 6.06. The number of amidine groups is 1. The van der Waals surface area contributed by atoms with E-state index in [1.165, 1.54) is 11.8 Å². The van der Waals surface area contributed by atoms with Gasteiger partial charge in [0.15, 0.2) is 5.17 Å². The number of benzene rings is 2. The van der Waals surface area contributed by atoms with Crippen molar-refractivity contribution < 1.29 is 9.53 Å². The SMILES string of the molecule is CCCCN1C(=O)/C(=C\c2ccc(Br)cc2)SC1=Nc1ccc(OC)cc1. The summed E-state index contributed by atoms with van der Waals surface area (Å²) >= 11 is 4.86. The van der Waals surface area contributed by atoms with Crippen molar-refractivity contribution in [2.24, 2.45) is 4.99 Å². The van der Waals surface area contributed by atoms with Crippen LogP contribution in [0.2, 0.25) is 0 Å². The first-order valence-electron chi connectivity index (χ1n) is 8.80. The number of nitrogens with zero attached hydrogens (tertiary/aromatic N) is 2. The second-order valence-corrected chi connectivity index (χ2v) is 7.99. The summed E-state index contributed by atoms with van der Waals surface area (Å²) in [5.74, 6) is 0.802. The molecule has 4 nitrogen and oxygen atoms in total. The van der Waals surface area contributed by atoms with Gasteiger partial charge in [0, 0.05) is 11.0 Å². The molecule has 0 spiro atoms. The minimum atomic E-state index is 0.0173. The number of thioether (sulfide) groups is 1. The summed E-state index contributed by atoms with van der Waals surface area (Å²) in [6, 6.07) is 15.4. The molecule has 0 unspecified atom stereocenters. The van der Waals surface area contributed by atoms with Gasteiger partial charge in [-0.2, -0.15) is 0 Å². The van der Waals surface area contributed by atoms with Crippen LogP contribution in [0.15, 0.2) is 62.9 Å². The molecule has 0 saturated carbocycles. The van der Waals surface area contributed by atoms with Crippen molar-refractivity contribution in [1.29, 1.82) is 0 Å². The van der Waals surface area contributed by atoms with E-state index >= 15 is 0 Å². The lowest BCUT2D eigenvalue weighted by Crippen LogP contribution is -2.30. The summed E-state index contributed by atoms with van der Waals surface area (Å²) in [7, 11) is 1.64. The Kier molecular flexibility index (Phi) is 6.74. The number of hydrogen-bond acceptors (Lipinski definition) is 4. The van der Waals surface area contributed by atoms with E-state index in [1.54, 1.807) is 12.0 Å². The molecule has 0 radical (unpaired) electrons. The number of carbonyl (C=O) groups excluding carboxylic acids is 1. The van der Waals surface area contributed by atoms with Crippen LogP contribution in [0.5, 0.6) is 5.75 Å². The van der Waals surface area contributed by atoms with Gasteiger partial charge in [0.25, 0.3) is 5.91 Å². The lowest BCUT2D eigenvalue weighted by atomic mass is 10.2. The quantitative estimate of drug-likeness (QED) is 0.523. The van der Waals surface area contributed by atoms with Crippen molar-refractivity contribution in [3.05, 3.63) is 63.5 Å². The molecule has 2 aromatic rings. The zero-order valence-corrected chi connectivity index (χ0v) is 17.7. The highest BCUT2D eigenvalue weighted by Crippen LogP contribution is 2.34. The molecule has 6 heteroatoms. The minimum Gasteiger partial charge on any atom is -0.497 e. The second kappa shape index (κ2) is 9.24. The fraction of sp³-hybridized carbons (Fsp3) is 0.238. The number of amides is 1. The van der Waals surface area contributed by atoms with E-state index in [0.717, 1.165) is 39.5 Å². The number of halogens is 1. The maximum absolute atomic E-state index is 12.9. The Bertz CT molecular complexity index is 861. The molecule has 27 heavy (non-hydrogen) atoms. The maximum Gasteiger partial charge on any atom is 0.266 e. The van der Waals surface area contributed by atoms with Gasteiger partial charge in [0.2, 0.25) is 0 Å². The Balaban J connectivity index is 1.89. The molecular formula is C21H21BrN2O2S. The van der Waals surface area contributed by atoms with Gasteiger partial charge in [-0.05, 0) is 66.2 Å². The predicted octanol–water partition coefficient (Wildman–Crippen LogP) is 5.86. The highest BCUT2D eigenvalue weighted by molar-refractivity contribution is 9.10. The topological polar surface area (TPSA) is 41.9 Å². The number of carbonyl (C=O) groups is 1. The fourth-order valence-electron chi connectivity index (χ4n) is 2.58. The van der Waals surface area contributed by atoms with E-state index in [9.17, 15) is 4.79 Å².